The number of halogens is 3. The molecule has 1 heterocycles. The van der Waals surface area contributed by atoms with Gasteiger partial charge in [-0.15, -0.1) is 0 Å². The second-order valence-electron chi connectivity index (χ2n) is 5.51. The molecule has 0 aliphatic heterocycles. The third kappa shape index (κ3) is 4.62. The molecule has 2 rings (SSSR count). The zero-order chi connectivity index (χ0) is 19.3. The van der Waals surface area contributed by atoms with Gasteiger partial charge < -0.3 is 15.4 Å². The average Bonchev–Trinajstić information content (AvgIpc) is 2.60. The first-order valence-corrected chi connectivity index (χ1v) is 7.83. The summed E-state index contributed by atoms with van der Waals surface area (Å²) in [6, 6.07) is 3.15. The first-order chi connectivity index (χ1) is 12.3. The highest BCUT2D eigenvalue weighted by molar-refractivity contribution is 5.77. The topological polar surface area (TPSA) is 76.1 Å². The van der Waals surface area contributed by atoms with Crippen LogP contribution in [-0.2, 0) is 4.79 Å². The highest BCUT2D eigenvalue weighted by Crippen LogP contribution is 2.30. The van der Waals surface area contributed by atoms with E-state index in [2.05, 4.69) is 20.6 Å². The van der Waals surface area contributed by atoms with Gasteiger partial charge in [-0.1, -0.05) is 18.2 Å². The smallest absolute Gasteiger partial charge is 0.266 e. The second kappa shape index (κ2) is 8.50. The number of amides is 1. The summed E-state index contributed by atoms with van der Waals surface area (Å²) < 4.78 is 45.5. The third-order valence-corrected chi connectivity index (χ3v) is 3.63. The molecule has 0 aliphatic carbocycles. The number of carbonyl (C=O) groups excluding carboxylic acids is 1. The zero-order valence-electron chi connectivity index (χ0n) is 14.5. The lowest BCUT2D eigenvalue weighted by atomic mass is 10.0. The monoisotopic (exact) mass is 368 g/mol. The van der Waals surface area contributed by atoms with E-state index >= 15 is 0 Å². The van der Waals surface area contributed by atoms with Gasteiger partial charge in [0.05, 0.1) is 17.8 Å². The molecule has 1 atom stereocenters. The summed E-state index contributed by atoms with van der Waals surface area (Å²) >= 11 is 0. The quantitative estimate of drug-likeness (QED) is 0.785. The van der Waals surface area contributed by atoms with E-state index in [0.717, 1.165) is 6.07 Å². The molecular formula is C17H19F3N4O2. The largest absolute Gasteiger partial charge is 0.478 e. The van der Waals surface area contributed by atoms with Gasteiger partial charge in [0.15, 0.2) is 18.2 Å². The van der Waals surface area contributed by atoms with E-state index in [0.29, 0.717) is 5.82 Å². The van der Waals surface area contributed by atoms with Gasteiger partial charge in [-0.25, -0.2) is 23.1 Å². The predicted molar refractivity (Wildman–Crippen MR) is 89.7 cm³/mol. The van der Waals surface area contributed by atoms with Crippen LogP contribution in [-0.4, -0.2) is 29.5 Å². The zero-order valence-corrected chi connectivity index (χ0v) is 14.5. The number of rotatable bonds is 7. The van der Waals surface area contributed by atoms with E-state index in [4.69, 9.17) is 4.74 Å². The number of likely N-dealkylation sites (N-methyl/N-ethyl adjacent to an activating group) is 1. The maximum Gasteiger partial charge on any atom is 0.266 e. The summed E-state index contributed by atoms with van der Waals surface area (Å²) in [6.07, 6.45) is -1.53. The maximum absolute atomic E-state index is 14.3. The fourth-order valence-corrected chi connectivity index (χ4v) is 2.24. The fraction of sp³-hybridized carbons (Fsp3) is 0.353. The van der Waals surface area contributed by atoms with Crippen LogP contribution >= 0.6 is 0 Å². The summed E-state index contributed by atoms with van der Waals surface area (Å²) in [5, 5.41) is 5.33. The number of alkyl halides is 2. The SMILES string of the molecule is CNC(=O)COc1cnc(C)nc1N[C@H](C)c1cccc(C(F)F)c1F. The first kappa shape index (κ1) is 19.5. The van der Waals surface area contributed by atoms with Crippen molar-refractivity contribution in [3.8, 4) is 5.75 Å². The van der Waals surface area contributed by atoms with Crippen LogP contribution in [0.15, 0.2) is 24.4 Å². The molecule has 0 saturated heterocycles. The van der Waals surface area contributed by atoms with Crippen LogP contribution in [0.2, 0.25) is 0 Å². The van der Waals surface area contributed by atoms with Crippen LogP contribution in [0.3, 0.4) is 0 Å². The molecule has 0 bridgehead atoms. The number of aryl methyl sites for hydroxylation is 1. The molecule has 0 saturated carbocycles. The Bertz CT molecular complexity index is 787. The van der Waals surface area contributed by atoms with Crippen molar-refractivity contribution in [2.24, 2.45) is 0 Å². The van der Waals surface area contributed by atoms with Gasteiger partial charge >= 0.3 is 0 Å². The molecule has 26 heavy (non-hydrogen) atoms. The van der Waals surface area contributed by atoms with Crippen molar-refractivity contribution < 1.29 is 22.7 Å². The van der Waals surface area contributed by atoms with Crippen molar-refractivity contribution in [2.75, 3.05) is 19.0 Å². The maximum atomic E-state index is 14.3. The Labute approximate surface area is 148 Å². The standard InChI is InChI=1S/C17H19F3N4O2/c1-9(11-5-4-6-12(15(11)18)16(19)20)23-17-13(7-22-10(2)24-17)26-8-14(25)21-3/h4-7,9,16H,8H2,1-3H3,(H,21,25)(H,22,23,24)/t9-/m1/s1. The molecule has 0 aliphatic rings. The Morgan fingerprint density at radius 1 is 1.31 bits per heavy atom. The Morgan fingerprint density at radius 3 is 2.65 bits per heavy atom. The number of aromatic nitrogens is 2. The summed E-state index contributed by atoms with van der Waals surface area (Å²) in [4.78, 5) is 19.5. The molecule has 2 aromatic rings. The number of hydrogen-bond acceptors (Lipinski definition) is 5. The molecule has 1 aromatic heterocycles. The molecule has 0 spiro atoms. The minimum absolute atomic E-state index is 0.0660. The van der Waals surface area contributed by atoms with Crippen LogP contribution in [0.1, 0.15) is 36.3 Å². The van der Waals surface area contributed by atoms with Gasteiger partial charge in [-0.2, -0.15) is 0 Å². The Hall–Kier alpha value is -2.84. The summed E-state index contributed by atoms with van der Waals surface area (Å²) in [7, 11) is 1.47. The Kier molecular flexibility index (Phi) is 6.37. The second-order valence-corrected chi connectivity index (χ2v) is 5.51. The van der Waals surface area contributed by atoms with Crippen molar-refractivity contribution in [2.45, 2.75) is 26.3 Å². The summed E-state index contributed by atoms with van der Waals surface area (Å²) in [5.41, 5.74) is -0.595. The first-order valence-electron chi connectivity index (χ1n) is 7.83. The van der Waals surface area contributed by atoms with Gasteiger partial charge in [0.25, 0.3) is 12.3 Å². The van der Waals surface area contributed by atoms with E-state index in [-0.39, 0.29) is 29.6 Å². The third-order valence-electron chi connectivity index (χ3n) is 3.63. The van der Waals surface area contributed by atoms with Crippen molar-refractivity contribution >= 4 is 11.7 Å². The molecule has 140 valence electrons. The molecular weight excluding hydrogens is 349 g/mol. The lowest BCUT2D eigenvalue weighted by molar-refractivity contribution is -0.122. The van der Waals surface area contributed by atoms with E-state index < -0.39 is 23.8 Å². The number of carbonyl (C=O) groups is 1. The minimum atomic E-state index is -2.91. The van der Waals surface area contributed by atoms with E-state index in [9.17, 15) is 18.0 Å². The van der Waals surface area contributed by atoms with Crippen LogP contribution in [0.4, 0.5) is 19.0 Å². The van der Waals surface area contributed by atoms with Gasteiger partial charge in [0.2, 0.25) is 0 Å². The Balaban J connectivity index is 2.26. The molecule has 2 N–H and O–H groups in total. The number of benzene rings is 1. The van der Waals surface area contributed by atoms with Crippen LogP contribution < -0.4 is 15.4 Å². The fourth-order valence-electron chi connectivity index (χ4n) is 2.24. The van der Waals surface area contributed by atoms with Gasteiger partial charge in [-0.3, -0.25) is 4.79 Å². The number of anilines is 1. The number of ether oxygens (including phenoxy) is 1. The highest BCUT2D eigenvalue weighted by Gasteiger charge is 2.20. The van der Waals surface area contributed by atoms with Crippen LogP contribution in [0.25, 0.3) is 0 Å². The van der Waals surface area contributed by atoms with Crippen LogP contribution in [0.5, 0.6) is 5.75 Å². The van der Waals surface area contributed by atoms with E-state index in [1.165, 1.54) is 25.4 Å². The molecule has 9 heteroatoms. The number of nitrogens with one attached hydrogen (secondary N) is 2. The predicted octanol–water partition coefficient (Wildman–Crippen LogP) is 3.16. The molecule has 0 radical (unpaired) electrons. The normalized spacial score (nSPS) is 12.0. The van der Waals surface area contributed by atoms with Gasteiger partial charge in [0, 0.05) is 12.6 Å². The van der Waals surface area contributed by atoms with Gasteiger partial charge in [0.1, 0.15) is 11.6 Å². The summed E-state index contributed by atoms with van der Waals surface area (Å²) in [5.74, 6) is -0.470. The Morgan fingerprint density at radius 2 is 2.00 bits per heavy atom. The number of hydrogen-bond donors (Lipinski definition) is 2. The molecule has 6 nitrogen and oxygen atoms in total. The van der Waals surface area contributed by atoms with E-state index in [1.54, 1.807) is 13.8 Å². The lowest BCUT2D eigenvalue weighted by Crippen LogP contribution is -2.25. The van der Waals surface area contributed by atoms with Crippen molar-refractivity contribution in [3.05, 3.63) is 47.2 Å². The number of nitrogens with zero attached hydrogens (tertiary/aromatic N) is 2. The lowest BCUT2D eigenvalue weighted by Gasteiger charge is -2.19. The molecule has 1 amide bonds. The molecule has 0 unspecified atom stereocenters. The van der Waals surface area contributed by atoms with Gasteiger partial charge in [-0.05, 0) is 13.8 Å². The van der Waals surface area contributed by atoms with Crippen molar-refractivity contribution in [1.82, 2.24) is 15.3 Å². The van der Waals surface area contributed by atoms with Crippen LogP contribution in [0, 0.1) is 12.7 Å². The molecule has 1 aromatic carbocycles. The highest BCUT2D eigenvalue weighted by atomic mass is 19.3. The van der Waals surface area contributed by atoms with E-state index in [1.807, 2.05) is 0 Å². The average molecular weight is 368 g/mol. The minimum Gasteiger partial charge on any atom is -0.478 e. The van der Waals surface area contributed by atoms with Crippen molar-refractivity contribution in [3.63, 3.8) is 0 Å². The van der Waals surface area contributed by atoms with Crippen molar-refractivity contribution in [1.29, 1.82) is 0 Å². The summed E-state index contributed by atoms with van der Waals surface area (Å²) in [6.45, 7) is 3.01. The molecule has 0 fully saturated rings.